The van der Waals surface area contributed by atoms with Crippen LogP contribution in [0.5, 0.6) is 0 Å². The number of hydrogen-bond donors (Lipinski definition) is 2. The summed E-state index contributed by atoms with van der Waals surface area (Å²) in [5, 5.41) is 6.06. The second kappa shape index (κ2) is 8.27. The molecule has 2 amide bonds. The molecular formula is C20H16ClN3O2. The third kappa shape index (κ3) is 4.26. The molecule has 0 saturated heterocycles. The lowest BCUT2D eigenvalue weighted by Gasteiger charge is -2.12. The zero-order valence-electron chi connectivity index (χ0n) is 13.8. The highest BCUT2D eigenvalue weighted by Crippen LogP contribution is 2.18. The van der Waals surface area contributed by atoms with Crippen molar-refractivity contribution in [3.8, 4) is 0 Å². The molecule has 2 N–H and O–H groups in total. The molecule has 5 nitrogen and oxygen atoms in total. The Morgan fingerprint density at radius 2 is 1.69 bits per heavy atom. The van der Waals surface area contributed by atoms with E-state index in [0.717, 1.165) is 5.56 Å². The fourth-order valence-electron chi connectivity index (χ4n) is 2.40. The number of carbonyl (C=O) groups is 2. The van der Waals surface area contributed by atoms with Crippen molar-refractivity contribution in [2.24, 2.45) is 0 Å². The number of aromatic nitrogens is 1. The van der Waals surface area contributed by atoms with Crippen LogP contribution in [-0.4, -0.2) is 16.8 Å². The SMILES string of the molecule is O=C(Nc1ccccc1CNC(=O)c1ccccc1Cl)c1cccnc1. The Balaban J connectivity index is 1.71. The van der Waals surface area contributed by atoms with Gasteiger partial charge in [-0.1, -0.05) is 41.9 Å². The summed E-state index contributed by atoms with van der Waals surface area (Å²) < 4.78 is 0. The second-order valence-electron chi connectivity index (χ2n) is 5.52. The molecule has 6 heteroatoms. The van der Waals surface area contributed by atoms with Gasteiger partial charge in [0.1, 0.15) is 0 Å². The van der Waals surface area contributed by atoms with E-state index in [1.54, 1.807) is 48.7 Å². The van der Waals surface area contributed by atoms with Gasteiger partial charge in [0.25, 0.3) is 11.8 Å². The molecule has 130 valence electrons. The van der Waals surface area contributed by atoms with Crippen molar-refractivity contribution in [1.29, 1.82) is 0 Å². The number of nitrogens with zero attached hydrogens (tertiary/aromatic N) is 1. The van der Waals surface area contributed by atoms with Crippen LogP contribution < -0.4 is 10.6 Å². The third-order valence-electron chi connectivity index (χ3n) is 3.75. The van der Waals surface area contributed by atoms with Crippen molar-refractivity contribution >= 4 is 29.1 Å². The maximum Gasteiger partial charge on any atom is 0.257 e. The lowest BCUT2D eigenvalue weighted by atomic mass is 10.1. The first-order valence-corrected chi connectivity index (χ1v) is 8.35. The van der Waals surface area contributed by atoms with Crippen LogP contribution in [0, 0.1) is 0 Å². The van der Waals surface area contributed by atoms with Crippen molar-refractivity contribution in [2.75, 3.05) is 5.32 Å². The predicted octanol–water partition coefficient (Wildman–Crippen LogP) is 3.92. The van der Waals surface area contributed by atoms with Crippen molar-refractivity contribution < 1.29 is 9.59 Å². The highest BCUT2D eigenvalue weighted by atomic mass is 35.5. The topological polar surface area (TPSA) is 71.1 Å². The van der Waals surface area contributed by atoms with Gasteiger partial charge in [0.05, 0.1) is 16.1 Å². The van der Waals surface area contributed by atoms with E-state index in [1.807, 2.05) is 18.2 Å². The van der Waals surface area contributed by atoms with E-state index >= 15 is 0 Å². The molecule has 0 unspecified atom stereocenters. The molecule has 3 aromatic rings. The second-order valence-corrected chi connectivity index (χ2v) is 5.92. The summed E-state index contributed by atoms with van der Waals surface area (Å²) in [5.41, 5.74) is 2.28. The Morgan fingerprint density at radius 1 is 0.923 bits per heavy atom. The summed E-state index contributed by atoms with van der Waals surface area (Å²) in [5.74, 6) is -0.535. The van der Waals surface area contributed by atoms with E-state index in [9.17, 15) is 9.59 Å². The molecule has 2 aromatic carbocycles. The number of carbonyl (C=O) groups excluding carboxylic acids is 2. The molecule has 0 spiro atoms. The predicted molar refractivity (Wildman–Crippen MR) is 101 cm³/mol. The highest BCUT2D eigenvalue weighted by Gasteiger charge is 2.12. The number of amides is 2. The maximum absolute atomic E-state index is 12.3. The molecule has 0 fully saturated rings. The van der Waals surface area contributed by atoms with Gasteiger partial charge in [-0.3, -0.25) is 14.6 Å². The molecule has 0 radical (unpaired) electrons. The van der Waals surface area contributed by atoms with E-state index in [0.29, 0.717) is 21.8 Å². The van der Waals surface area contributed by atoms with Crippen LogP contribution in [0.3, 0.4) is 0 Å². The van der Waals surface area contributed by atoms with Crippen LogP contribution in [-0.2, 0) is 6.54 Å². The fraction of sp³-hybridized carbons (Fsp3) is 0.0500. The molecule has 1 aromatic heterocycles. The molecule has 0 bridgehead atoms. The minimum absolute atomic E-state index is 0.257. The van der Waals surface area contributed by atoms with Gasteiger partial charge in [0.15, 0.2) is 0 Å². The zero-order valence-corrected chi connectivity index (χ0v) is 14.5. The molecule has 0 aliphatic heterocycles. The van der Waals surface area contributed by atoms with Gasteiger partial charge in [-0.2, -0.15) is 0 Å². The average molecular weight is 366 g/mol. The van der Waals surface area contributed by atoms with Crippen LogP contribution in [0.25, 0.3) is 0 Å². The molecule has 0 aliphatic rings. The van der Waals surface area contributed by atoms with Crippen molar-refractivity contribution in [2.45, 2.75) is 6.54 Å². The number of hydrogen-bond acceptors (Lipinski definition) is 3. The van der Waals surface area contributed by atoms with Crippen LogP contribution in [0.2, 0.25) is 5.02 Å². The van der Waals surface area contributed by atoms with Gasteiger partial charge >= 0.3 is 0 Å². The first kappa shape index (κ1) is 17.6. The fourth-order valence-corrected chi connectivity index (χ4v) is 2.63. The van der Waals surface area contributed by atoms with E-state index < -0.39 is 0 Å². The van der Waals surface area contributed by atoms with Crippen LogP contribution in [0.4, 0.5) is 5.69 Å². The Kier molecular flexibility index (Phi) is 5.61. The van der Waals surface area contributed by atoms with Gasteiger partial charge in [-0.05, 0) is 35.9 Å². The van der Waals surface area contributed by atoms with E-state index in [-0.39, 0.29) is 18.4 Å². The van der Waals surface area contributed by atoms with Gasteiger partial charge in [-0.25, -0.2) is 0 Å². The Hall–Kier alpha value is -3.18. The summed E-state index contributed by atoms with van der Waals surface area (Å²) in [7, 11) is 0. The third-order valence-corrected chi connectivity index (χ3v) is 4.08. The summed E-state index contributed by atoms with van der Waals surface area (Å²) in [6.07, 6.45) is 3.10. The van der Waals surface area contributed by atoms with E-state index in [4.69, 9.17) is 11.6 Å². The summed E-state index contributed by atoms with van der Waals surface area (Å²) in [4.78, 5) is 28.6. The first-order chi connectivity index (χ1) is 12.6. The number of nitrogens with one attached hydrogen (secondary N) is 2. The molecule has 0 aliphatic carbocycles. The summed E-state index contributed by atoms with van der Waals surface area (Å²) in [6, 6.07) is 17.5. The minimum Gasteiger partial charge on any atom is -0.348 e. The van der Waals surface area contributed by atoms with E-state index in [2.05, 4.69) is 15.6 Å². The van der Waals surface area contributed by atoms with Gasteiger partial charge in [0, 0.05) is 24.6 Å². The number of anilines is 1. The van der Waals surface area contributed by atoms with Crippen LogP contribution in [0.1, 0.15) is 26.3 Å². The zero-order chi connectivity index (χ0) is 18.4. The average Bonchev–Trinajstić information content (AvgIpc) is 2.68. The molecule has 1 heterocycles. The van der Waals surface area contributed by atoms with Crippen molar-refractivity contribution in [3.05, 3.63) is 94.8 Å². The highest BCUT2D eigenvalue weighted by molar-refractivity contribution is 6.33. The summed E-state index contributed by atoms with van der Waals surface area (Å²) >= 11 is 6.05. The normalized spacial score (nSPS) is 10.2. The summed E-state index contributed by atoms with van der Waals surface area (Å²) in [6.45, 7) is 0.257. The number of halogens is 1. The Morgan fingerprint density at radius 3 is 2.46 bits per heavy atom. The van der Waals surface area contributed by atoms with Crippen molar-refractivity contribution in [1.82, 2.24) is 10.3 Å². The van der Waals surface area contributed by atoms with Crippen molar-refractivity contribution in [3.63, 3.8) is 0 Å². The largest absolute Gasteiger partial charge is 0.348 e. The smallest absolute Gasteiger partial charge is 0.257 e. The molecule has 3 rings (SSSR count). The van der Waals surface area contributed by atoms with Gasteiger partial charge in [0.2, 0.25) is 0 Å². The number of benzene rings is 2. The number of pyridine rings is 1. The Labute approximate surface area is 156 Å². The van der Waals surface area contributed by atoms with E-state index in [1.165, 1.54) is 6.20 Å². The maximum atomic E-state index is 12.3. The quantitative estimate of drug-likeness (QED) is 0.720. The Bertz CT molecular complexity index is 929. The van der Waals surface area contributed by atoms with Crippen LogP contribution >= 0.6 is 11.6 Å². The standard InChI is InChI=1S/C20H16ClN3O2/c21-17-9-3-2-8-16(17)20(26)23-13-14-6-1-4-10-18(14)24-19(25)15-7-5-11-22-12-15/h1-12H,13H2,(H,23,26)(H,24,25). The lowest BCUT2D eigenvalue weighted by Crippen LogP contribution is -2.24. The van der Waals surface area contributed by atoms with Gasteiger partial charge < -0.3 is 10.6 Å². The molecule has 0 atom stereocenters. The molecular weight excluding hydrogens is 350 g/mol. The number of rotatable bonds is 5. The lowest BCUT2D eigenvalue weighted by molar-refractivity contribution is 0.0950. The number of para-hydroxylation sites is 1. The van der Waals surface area contributed by atoms with Crippen LogP contribution in [0.15, 0.2) is 73.1 Å². The molecule has 26 heavy (non-hydrogen) atoms. The minimum atomic E-state index is -0.274. The first-order valence-electron chi connectivity index (χ1n) is 7.97. The molecule has 0 saturated carbocycles. The van der Waals surface area contributed by atoms with Gasteiger partial charge in [-0.15, -0.1) is 0 Å². The monoisotopic (exact) mass is 365 g/mol.